The lowest BCUT2D eigenvalue weighted by atomic mass is 10.2. The number of hydrogen-bond donors (Lipinski definition) is 1. The van der Waals surface area contributed by atoms with Crippen LogP contribution in [0.3, 0.4) is 0 Å². The molecule has 6 heteroatoms. The SMILES string of the molecule is Cc1ccc2ncc(C(=O)Nc3ncccc3C)c(=O)n2c1. The summed E-state index contributed by atoms with van der Waals surface area (Å²) in [6.45, 7) is 3.70. The van der Waals surface area contributed by atoms with Gasteiger partial charge in [0, 0.05) is 18.6 Å². The second-order valence-electron chi connectivity index (χ2n) is 5.03. The molecule has 6 nitrogen and oxygen atoms in total. The first-order chi connectivity index (χ1) is 10.6. The zero-order chi connectivity index (χ0) is 15.7. The maximum atomic E-state index is 12.4. The summed E-state index contributed by atoms with van der Waals surface area (Å²) in [6, 6.07) is 7.21. The number of carbonyl (C=O) groups is 1. The molecule has 0 bridgehead atoms. The second kappa shape index (κ2) is 5.40. The van der Waals surface area contributed by atoms with Crippen LogP contribution in [0.4, 0.5) is 5.82 Å². The van der Waals surface area contributed by atoms with Gasteiger partial charge in [-0.2, -0.15) is 0 Å². The molecule has 1 amide bonds. The van der Waals surface area contributed by atoms with Gasteiger partial charge in [0.2, 0.25) is 0 Å². The molecule has 0 aliphatic rings. The summed E-state index contributed by atoms with van der Waals surface area (Å²) in [6.07, 6.45) is 4.53. The first-order valence-electron chi connectivity index (χ1n) is 6.77. The highest BCUT2D eigenvalue weighted by molar-refractivity contribution is 6.03. The third-order valence-electron chi connectivity index (χ3n) is 3.34. The van der Waals surface area contributed by atoms with E-state index in [-0.39, 0.29) is 5.56 Å². The molecule has 0 aliphatic heterocycles. The molecule has 1 N–H and O–H groups in total. The fourth-order valence-electron chi connectivity index (χ4n) is 2.13. The molecule has 0 aromatic carbocycles. The Balaban J connectivity index is 2.03. The van der Waals surface area contributed by atoms with Gasteiger partial charge in [-0.25, -0.2) is 9.97 Å². The standard InChI is InChI=1S/C16H14N4O2/c1-10-5-6-13-18-8-12(16(22)20(13)9-10)15(21)19-14-11(2)4-3-7-17-14/h3-9H,1-2H3,(H,17,19,21). The summed E-state index contributed by atoms with van der Waals surface area (Å²) in [7, 11) is 0. The van der Waals surface area contributed by atoms with E-state index in [1.165, 1.54) is 10.6 Å². The van der Waals surface area contributed by atoms with E-state index >= 15 is 0 Å². The van der Waals surface area contributed by atoms with Gasteiger partial charge < -0.3 is 5.32 Å². The van der Waals surface area contributed by atoms with Crippen LogP contribution >= 0.6 is 0 Å². The number of carbonyl (C=O) groups excluding carboxylic acids is 1. The lowest BCUT2D eigenvalue weighted by Crippen LogP contribution is -2.27. The number of hydrogen-bond acceptors (Lipinski definition) is 4. The molecule has 0 saturated heterocycles. The van der Waals surface area contributed by atoms with Gasteiger partial charge in [0.05, 0.1) is 0 Å². The van der Waals surface area contributed by atoms with Crippen LogP contribution in [0.2, 0.25) is 0 Å². The van der Waals surface area contributed by atoms with E-state index in [2.05, 4.69) is 15.3 Å². The van der Waals surface area contributed by atoms with Gasteiger partial charge in [-0.05, 0) is 37.1 Å². The minimum atomic E-state index is -0.518. The summed E-state index contributed by atoms with van der Waals surface area (Å²) in [4.78, 5) is 33.0. The predicted molar refractivity (Wildman–Crippen MR) is 83.1 cm³/mol. The summed E-state index contributed by atoms with van der Waals surface area (Å²) in [5, 5.41) is 2.64. The van der Waals surface area contributed by atoms with Crippen LogP contribution in [0.1, 0.15) is 21.5 Å². The molecule has 3 rings (SSSR count). The van der Waals surface area contributed by atoms with E-state index < -0.39 is 11.5 Å². The van der Waals surface area contributed by atoms with Crippen molar-refractivity contribution in [2.24, 2.45) is 0 Å². The number of nitrogens with one attached hydrogen (secondary N) is 1. The van der Waals surface area contributed by atoms with Gasteiger partial charge in [-0.1, -0.05) is 12.1 Å². The molecule has 110 valence electrons. The van der Waals surface area contributed by atoms with Crippen molar-refractivity contribution in [3.63, 3.8) is 0 Å². The van der Waals surface area contributed by atoms with Crippen LogP contribution in [-0.4, -0.2) is 20.3 Å². The summed E-state index contributed by atoms with van der Waals surface area (Å²) in [5.41, 5.74) is 1.81. The average Bonchev–Trinajstić information content (AvgIpc) is 2.50. The molecule has 0 saturated carbocycles. The van der Waals surface area contributed by atoms with Crippen LogP contribution in [0.5, 0.6) is 0 Å². The van der Waals surface area contributed by atoms with E-state index in [1.807, 2.05) is 26.0 Å². The zero-order valence-electron chi connectivity index (χ0n) is 12.2. The Morgan fingerprint density at radius 3 is 2.77 bits per heavy atom. The largest absolute Gasteiger partial charge is 0.306 e. The van der Waals surface area contributed by atoms with Crippen LogP contribution in [0.25, 0.3) is 5.65 Å². The molecular formula is C16H14N4O2. The number of anilines is 1. The van der Waals surface area contributed by atoms with E-state index in [1.54, 1.807) is 24.5 Å². The van der Waals surface area contributed by atoms with Crippen molar-refractivity contribution < 1.29 is 4.79 Å². The van der Waals surface area contributed by atoms with Crippen LogP contribution in [0.15, 0.2) is 47.7 Å². The highest BCUT2D eigenvalue weighted by atomic mass is 16.2. The molecule has 0 unspecified atom stereocenters. The Bertz CT molecular complexity index is 931. The van der Waals surface area contributed by atoms with E-state index in [9.17, 15) is 9.59 Å². The van der Waals surface area contributed by atoms with Gasteiger partial charge >= 0.3 is 0 Å². The number of amides is 1. The minimum absolute atomic E-state index is 0.0202. The number of rotatable bonds is 2. The van der Waals surface area contributed by atoms with Crippen molar-refractivity contribution in [1.82, 2.24) is 14.4 Å². The highest BCUT2D eigenvalue weighted by Gasteiger charge is 2.14. The van der Waals surface area contributed by atoms with Gasteiger partial charge in [0.1, 0.15) is 17.0 Å². The average molecular weight is 294 g/mol. The second-order valence-corrected chi connectivity index (χ2v) is 5.03. The summed E-state index contributed by atoms with van der Waals surface area (Å²) >= 11 is 0. The van der Waals surface area contributed by atoms with Gasteiger partial charge in [-0.3, -0.25) is 14.0 Å². The molecule has 0 spiro atoms. The number of aromatic nitrogens is 3. The lowest BCUT2D eigenvalue weighted by molar-refractivity contribution is 0.102. The molecule has 3 aromatic rings. The smallest absolute Gasteiger partial charge is 0.270 e. The van der Waals surface area contributed by atoms with Crippen molar-refractivity contribution in [2.75, 3.05) is 5.32 Å². The van der Waals surface area contributed by atoms with E-state index in [4.69, 9.17) is 0 Å². The Morgan fingerprint density at radius 1 is 1.18 bits per heavy atom. The molecule has 3 aromatic heterocycles. The number of pyridine rings is 2. The zero-order valence-corrected chi connectivity index (χ0v) is 12.2. The van der Waals surface area contributed by atoms with Crippen LogP contribution in [-0.2, 0) is 0 Å². The molecule has 0 atom stereocenters. The Labute approximate surface area is 126 Å². The maximum Gasteiger partial charge on any atom is 0.270 e. The summed E-state index contributed by atoms with van der Waals surface area (Å²) < 4.78 is 1.37. The monoisotopic (exact) mass is 294 g/mol. The highest BCUT2D eigenvalue weighted by Crippen LogP contribution is 2.10. The van der Waals surface area contributed by atoms with E-state index in [0.717, 1.165) is 11.1 Å². The van der Waals surface area contributed by atoms with Gasteiger partial charge in [0.25, 0.3) is 11.5 Å². The number of aryl methyl sites for hydroxylation is 2. The Hall–Kier alpha value is -3.02. The normalized spacial score (nSPS) is 10.6. The topological polar surface area (TPSA) is 76.4 Å². The fraction of sp³-hybridized carbons (Fsp3) is 0.125. The summed E-state index contributed by atoms with van der Waals surface area (Å²) in [5.74, 6) is -0.0866. The third kappa shape index (κ3) is 2.46. The van der Waals surface area contributed by atoms with Gasteiger partial charge in [0.15, 0.2) is 0 Å². The van der Waals surface area contributed by atoms with Crippen molar-refractivity contribution >= 4 is 17.4 Å². The fourth-order valence-corrected chi connectivity index (χ4v) is 2.13. The van der Waals surface area contributed by atoms with Crippen molar-refractivity contribution in [1.29, 1.82) is 0 Å². The molecule has 22 heavy (non-hydrogen) atoms. The lowest BCUT2D eigenvalue weighted by Gasteiger charge is -2.07. The first kappa shape index (κ1) is 13.9. The first-order valence-corrected chi connectivity index (χ1v) is 6.77. The minimum Gasteiger partial charge on any atom is -0.306 e. The maximum absolute atomic E-state index is 12.4. The quantitative estimate of drug-likeness (QED) is 0.784. The molecule has 0 fully saturated rings. The van der Waals surface area contributed by atoms with E-state index in [0.29, 0.717) is 11.5 Å². The van der Waals surface area contributed by atoms with Gasteiger partial charge in [-0.15, -0.1) is 0 Å². The van der Waals surface area contributed by atoms with Crippen molar-refractivity contribution in [3.8, 4) is 0 Å². The predicted octanol–water partition coefficient (Wildman–Crippen LogP) is 1.96. The third-order valence-corrected chi connectivity index (χ3v) is 3.34. The molecule has 3 heterocycles. The van der Waals surface area contributed by atoms with Crippen molar-refractivity contribution in [3.05, 3.63) is 69.9 Å². The Morgan fingerprint density at radius 2 is 2.00 bits per heavy atom. The molecule has 0 radical (unpaired) electrons. The molecule has 0 aliphatic carbocycles. The number of nitrogens with zero attached hydrogens (tertiary/aromatic N) is 3. The van der Waals surface area contributed by atoms with Crippen LogP contribution < -0.4 is 10.9 Å². The Kier molecular flexibility index (Phi) is 3.42. The molecular weight excluding hydrogens is 280 g/mol. The van der Waals surface area contributed by atoms with Crippen molar-refractivity contribution in [2.45, 2.75) is 13.8 Å². The number of fused-ring (bicyclic) bond motifs is 1. The van der Waals surface area contributed by atoms with Crippen LogP contribution in [0, 0.1) is 13.8 Å².